The highest BCUT2D eigenvalue weighted by molar-refractivity contribution is 6.30. The van der Waals surface area contributed by atoms with Crippen LogP contribution in [0.15, 0.2) is 55.2 Å². The Morgan fingerprint density at radius 3 is 2.75 bits per heavy atom. The summed E-state index contributed by atoms with van der Waals surface area (Å²) in [6.07, 6.45) is 6.64. The van der Waals surface area contributed by atoms with E-state index in [-0.39, 0.29) is 11.6 Å². The third-order valence-electron chi connectivity index (χ3n) is 3.45. The van der Waals surface area contributed by atoms with Gasteiger partial charge in [0.1, 0.15) is 6.33 Å². The number of H-pyrrole nitrogens is 1. The monoisotopic (exact) mass is 338 g/mol. The first-order valence-electron chi connectivity index (χ1n) is 7.11. The maximum absolute atomic E-state index is 12.7. The molecular formula is C16H11ClN6O. The summed E-state index contributed by atoms with van der Waals surface area (Å²) in [6.45, 7) is 0. The SMILES string of the molecule is O=C(Nc1ccc(Cl)cc1)c1nc(-n2ccnc2)nc2cc[nH]c12. The van der Waals surface area contributed by atoms with Crippen LogP contribution in [0.4, 0.5) is 5.69 Å². The van der Waals surface area contributed by atoms with Crippen LogP contribution in [0.25, 0.3) is 17.0 Å². The third-order valence-corrected chi connectivity index (χ3v) is 3.70. The Kier molecular flexibility index (Phi) is 3.47. The summed E-state index contributed by atoms with van der Waals surface area (Å²) < 4.78 is 1.64. The van der Waals surface area contributed by atoms with Gasteiger partial charge in [0.05, 0.1) is 11.0 Å². The van der Waals surface area contributed by atoms with E-state index in [9.17, 15) is 4.79 Å². The lowest BCUT2D eigenvalue weighted by atomic mass is 10.2. The van der Waals surface area contributed by atoms with Crippen LogP contribution in [0, 0.1) is 0 Å². The zero-order chi connectivity index (χ0) is 16.5. The Hall–Kier alpha value is -3.19. The second-order valence-electron chi connectivity index (χ2n) is 5.04. The summed E-state index contributed by atoms with van der Waals surface area (Å²) in [5.74, 6) is 0.0365. The smallest absolute Gasteiger partial charge is 0.276 e. The van der Waals surface area contributed by atoms with E-state index in [1.165, 1.54) is 0 Å². The molecule has 3 aromatic heterocycles. The maximum Gasteiger partial charge on any atom is 0.276 e. The number of halogens is 1. The van der Waals surface area contributed by atoms with E-state index < -0.39 is 0 Å². The number of amides is 1. The van der Waals surface area contributed by atoms with Crippen LogP contribution >= 0.6 is 11.6 Å². The molecule has 4 rings (SSSR count). The first-order chi connectivity index (χ1) is 11.7. The van der Waals surface area contributed by atoms with Gasteiger partial charge in [-0.25, -0.2) is 15.0 Å². The molecule has 3 heterocycles. The Morgan fingerprint density at radius 1 is 1.17 bits per heavy atom. The topological polar surface area (TPSA) is 88.5 Å². The summed E-state index contributed by atoms with van der Waals surface area (Å²) in [5, 5.41) is 3.41. The van der Waals surface area contributed by atoms with Gasteiger partial charge in [0.25, 0.3) is 5.91 Å². The average molecular weight is 339 g/mol. The molecule has 0 fully saturated rings. The van der Waals surface area contributed by atoms with E-state index in [2.05, 4.69) is 25.3 Å². The summed E-state index contributed by atoms with van der Waals surface area (Å²) in [7, 11) is 0. The highest BCUT2D eigenvalue weighted by Crippen LogP contribution is 2.18. The van der Waals surface area contributed by atoms with Crippen molar-refractivity contribution in [2.75, 3.05) is 5.32 Å². The van der Waals surface area contributed by atoms with Gasteiger partial charge in [0.15, 0.2) is 5.69 Å². The van der Waals surface area contributed by atoms with Gasteiger partial charge in [-0.3, -0.25) is 9.36 Å². The van der Waals surface area contributed by atoms with Gasteiger partial charge < -0.3 is 10.3 Å². The molecule has 1 amide bonds. The fraction of sp³-hybridized carbons (Fsp3) is 0. The molecule has 1 aromatic carbocycles. The summed E-state index contributed by atoms with van der Waals surface area (Å²) in [5.41, 5.74) is 2.11. The van der Waals surface area contributed by atoms with E-state index in [0.29, 0.717) is 27.7 Å². The number of benzene rings is 1. The Morgan fingerprint density at radius 2 is 2.00 bits per heavy atom. The van der Waals surface area contributed by atoms with Crippen LogP contribution in [0.1, 0.15) is 10.5 Å². The lowest BCUT2D eigenvalue weighted by Crippen LogP contribution is -2.16. The van der Waals surface area contributed by atoms with Gasteiger partial charge in [-0.15, -0.1) is 0 Å². The third kappa shape index (κ3) is 2.61. The molecule has 24 heavy (non-hydrogen) atoms. The molecule has 118 valence electrons. The minimum absolute atomic E-state index is 0.253. The van der Waals surface area contributed by atoms with Crippen molar-refractivity contribution < 1.29 is 4.79 Å². The molecule has 0 saturated heterocycles. The molecule has 0 unspecified atom stereocenters. The number of nitrogens with zero attached hydrogens (tertiary/aromatic N) is 4. The summed E-state index contributed by atoms with van der Waals surface area (Å²) >= 11 is 5.86. The number of nitrogens with one attached hydrogen (secondary N) is 2. The number of carbonyl (C=O) groups excluding carboxylic acids is 1. The zero-order valence-electron chi connectivity index (χ0n) is 12.3. The van der Waals surface area contributed by atoms with Crippen LogP contribution in [-0.2, 0) is 0 Å². The molecule has 0 atom stereocenters. The highest BCUT2D eigenvalue weighted by atomic mass is 35.5. The van der Waals surface area contributed by atoms with Crippen molar-refractivity contribution in [3.05, 3.63) is 66.0 Å². The molecule has 7 nitrogen and oxygen atoms in total. The number of hydrogen-bond acceptors (Lipinski definition) is 4. The van der Waals surface area contributed by atoms with E-state index in [1.807, 2.05) is 0 Å². The molecule has 0 aliphatic heterocycles. The van der Waals surface area contributed by atoms with Crippen molar-refractivity contribution in [2.24, 2.45) is 0 Å². The molecule has 0 aliphatic rings. The lowest BCUT2D eigenvalue weighted by molar-refractivity contribution is 0.102. The maximum atomic E-state index is 12.7. The Bertz CT molecular complexity index is 1010. The fourth-order valence-corrected chi connectivity index (χ4v) is 2.44. The van der Waals surface area contributed by atoms with E-state index in [0.717, 1.165) is 0 Å². The molecule has 0 spiro atoms. The second-order valence-corrected chi connectivity index (χ2v) is 5.48. The quantitative estimate of drug-likeness (QED) is 0.601. The molecule has 0 saturated carbocycles. The number of fused-ring (bicyclic) bond motifs is 1. The Balaban J connectivity index is 1.75. The largest absolute Gasteiger partial charge is 0.358 e. The van der Waals surface area contributed by atoms with E-state index in [1.54, 1.807) is 59.8 Å². The molecular weight excluding hydrogens is 328 g/mol. The molecule has 0 bridgehead atoms. The van der Waals surface area contributed by atoms with Crippen LogP contribution < -0.4 is 5.32 Å². The second kappa shape index (κ2) is 5.78. The van der Waals surface area contributed by atoms with Gasteiger partial charge in [0, 0.05) is 29.3 Å². The minimum atomic E-state index is -0.339. The number of hydrogen-bond donors (Lipinski definition) is 2. The number of rotatable bonds is 3. The summed E-state index contributed by atoms with van der Waals surface area (Å²) in [6, 6.07) is 8.65. The van der Waals surface area contributed by atoms with Gasteiger partial charge in [0.2, 0.25) is 5.95 Å². The van der Waals surface area contributed by atoms with E-state index >= 15 is 0 Å². The predicted molar refractivity (Wildman–Crippen MR) is 90.4 cm³/mol. The zero-order valence-corrected chi connectivity index (χ0v) is 13.0. The normalized spacial score (nSPS) is 10.9. The van der Waals surface area contributed by atoms with Crippen LogP contribution in [0.3, 0.4) is 0 Å². The van der Waals surface area contributed by atoms with Gasteiger partial charge in [-0.05, 0) is 30.3 Å². The van der Waals surface area contributed by atoms with Crippen LogP contribution in [0.2, 0.25) is 5.02 Å². The van der Waals surface area contributed by atoms with Crippen molar-refractivity contribution in [2.45, 2.75) is 0 Å². The van der Waals surface area contributed by atoms with Crippen LogP contribution in [-0.4, -0.2) is 30.4 Å². The number of anilines is 1. The fourth-order valence-electron chi connectivity index (χ4n) is 2.31. The summed E-state index contributed by atoms with van der Waals surface area (Å²) in [4.78, 5) is 28.4. The van der Waals surface area contributed by atoms with Gasteiger partial charge >= 0.3 is 0 Å². The number of imidazole rings is 1. The lowest BCUT2D eigenvalue weighted by Gasteiger charge is -2.08. The molecule has 2 N–H and O–H groups in total. The standard InChI is InChI=1S/C16H11ClN6O/c17-10-1-3-11(4-2-10)20-15(24)14-13-12(5-6-19-13)21-16(22-14)23-8-7-18-9-23/h1-9,19H,(H,20,24). The first-order valence-corrected chi connectivity index (χ1v) is 7.49. The van der Waals surface area contributed by atoms with Gasteiger partial charge in [-0.1, -0.05) is 11.6 Å². The van der Waals surface area contributed by atoms with Gasteiger partial charge in [-0.2, -0.15) is 0 Å². The number of aromatic nitrogens is 5. The van der Waals surface area contributed by atoms with Crippen molar-refractivity contribution in [1.82, 2.24) is 24.5 Å². The molecule has 8 heteroatoms. The predicted octanol–water partition coefficient (Wildman–Crippen LogP) is 3.05. The van der Waals surface area contributed by atoms with Crippen molar-refractivity contribution >= 4 is 34.2 Å². The van der Waals surface area contributed by atoms with E-state index in [4.69, 9.17) is 11.6 Å². The molecule has 0 aliphatic carbocycles. The minimum Gasteiger partial charge on any atom is -0.358 e. The highest BCUT2D eigenvalue weighted by Gasteiger charge is 2.17. The van der Waals surface area contributed by atoms with Crippen molar-refractivity contribution in [3.8, 4) is 5.95 Å². The average Bonchev–Trinajstić information content (AvgIpc) is 3.27. The number of carbonyl (C=O) groups is 1. The number of aromatic amines is 1. The molecule has 4 aromatic rings. The van der Waals surface area contributed by atoms with Crippen molar-refractivity contribution in [1.29, 1.82) is 0 Å². The van der Waals surface area contributed by atoms with Crippen LogP contribution in [0.5, 0.6) is 0 Å². The Labute approximate surface area is 141 Å². The molecule has 0 radical (unpaired) electrons. The first kappa shape index (κ1) is 14.4. The van der Waals surface area contributed by atoms with Crippen molar-refractivity contribution in [3.63, 3.8) is 0 Å².